The van der Waals surface area contributed by atoms with Gasteiger partial charge in [0.2, 0.25) is 0 Å². The highest BCUT2D eigenvalue weighted by Gasteiger charge is 2.22. The van der Waals surface area contributed by atoms with Gasteiger partial charge in [-0.15, -0.1) is 0 Å². The summed E-state index contributed by atoms with van der Waals surface area (Å²) in [6, 6.07) is 4.05. The molecule has 0 amide bonds. The molecule has 1 aromatic carbocycles. The van der Waals surface area contributed by atoms with Crippen molar-refractivity contribution < 1.29 is 13.3 Å². The first-order valence-corrected chi connectivity index (χ1v) is 9.25. The van der Waals surface area contributed by atoms with Crippen LogP contribution in [0.1, 0.15) is 20.8 Å². The third-order valence-electron chi connectivity index (χ3n) is 2.52. The summed E-state index contributed by atoms with van der Waals surface area (Å²) in [5.41, 5.74) is 0.169. The Labute approximate surface area is 129 Å². The van der Waals surface area contributed by atoms with E-state index in [2.05, 4.69) is 26.1 Å². The molecule has 0 fully saturated rings. The van der Waals surface area contributed by atoms with E-state index >= 15 is 0 Å². The predicted molar refractivity (Wildman–Crippen MR) is 86.9 cm³/mol. The Kier molecular flexibility index (Phi) is 5.63. The zero-order chi connectivity index (χ0) is 16.3. The van der Waals surface area contributed by atoms with E-state index in [4.69, 9.17) is 0 Å². The highest BCUT2D eigenvalue weighted by Crippen LogP contribution is 2.27. The SMILES string of the molecule is CC(C)(C)SCCNc1ccc([N+](=O)[O-])c(S(C)(=O)=O)c1. The summed E-state index contributed by atoms with van der Waals surface area (Å²) in [6.07, 6.45) is 0.967. The number of nitro groups is 1. The van der Waals surface area contributed by atoms with Crippen molar-refractivity contribution in [3.05, 3.63) is 28.3 Å². The summed E-state index contributed by atoms with van der Waals surface area (Å²) >= 11 is 1.78. The molecular weight excluding hydrogens is 312 g/mol. The standard InChI is InChI=1S/C13H20N2O4S2/c1-13(2,3)20-8-7-14-10-5-6-11(15(16)17)12(9-10)21(4,18)19/h5-6,9,14H,7-8H2,1-4H3. The Balaban J connectivity index is 2.85. The largest absolute Gasteiger partial charge is 0.384 e. The molecule has 0 aliphatic heterocycles. The fraction of sp³-hybridized carbons (Fsp3) is 0.538. The molecule has 0 aliphatic rings. The molecule has 0 radical (unpaired) electrons. The lowest BCUT2D eigenvalue weighted by Crippen LogP contribution is -2.13. The molecule has 0 atom stereocenters. The second-order valence-corrected chi connectivity index (χ2v) is 9.51. The molecule has 21 heavy (non-hydrogen) atoms. The van der Waals surface area contributed by atoms with Crippen molar-refractivity contribution in [3.63, 3.8) is 0 Å². The van der Waals surface area contributed by atoms with Gasteiger partial charge in [-0.05, 0) is 12.1 Å². The van der Waals surface area contributed by atoms with Crippen molar-refractivity contribution in [2.45, 2.75) is 30.4 Å². The van der Waals surface area contributed by atoms with Crippen LogP contribution in [0.3, 0.4) is 0 Å². The topological polar surface area (TPSA) is 89.3 Å². The van der Waals surface area contributed by atoms with Crippen molar-refractivity contribution in [1.29, 1.82) is 0 Å². The van der Waals surface area contributed by atoms with Crippen LogP contribution in [-0.4, -0.2) is 36.6 Å². The van der Waals surface area contributed by atoms with E-state index in [0.717, 1.165) is 12.0 Å². The summed E-state index contributed by atoms with van der Waals surface area (Å²) < 4.78 is 23.4. The van der Waals surface area contributed by atoms with Crippen LogP contribution < -0.4 is 5.32 Å². The van der Waals surface area contributed by atoms with E-state index in [0.29, 0.717) is 12.2 Å². The molecule has 0 saturated carbocycles. The Morgan fingerprint density at radius 1 is 1.33 bits per heavy atom. The van der Waals surface area contributed by atoms with Gasteiger partial charge in [0, 0.05) is 35.1 Å². The number of nitro benzene ring substituents is 1. The van der Waals surface area contributed by atoms with Gasteiger partial charge in [0.25, 0.3) is 5.69 Å². The second kappa shape index (κ2) is 6.65. The molecule has 6 nitrogen and oxygen atoms in total. The van der Waals surface area contributed by atoms with Crippen LogP contribution in [0.4, 0.5) is 11.4 Å². The molecule has 1 rings (SSSR count). The Bertz CT molecular complexity index is 622. The van der Waals surface area contributed by atoms with Gasteiger partial charge in [0.15, 0.2) is 9.84 Å². The van der Waals surface area contributed by atoms with Crippen LogP contribution in [-0.2, 0) is 9.84 Å². The lowest BCUT2D eigenvalue weighted by atomic mass is 10.3. The summed E-state index contributed by atoms with van der Waals surface area (Å²) in [7, 11) is -3.64. The van der Waals surface area contributed by atoms with E-state index in [1.54, 1.807) is 11.8 Å². The van der Waals surface area contributed by atoms with Gasteiger partial charge in [0.1, 0.15) is 4.90 Å². The third kappa shape index (κ3) is 5.92. The summed E-state index contributed by atoms with van der Waals surface area (Å²) in [4.78, 5) is 9.92. The number of sulfone groups is 1. The highest BCUT2D eigenvalue weighted by molar-refractivity contribution is 8.00. The highest BCUT2D eigenvalue weighted by atomic mass is 32.2. The van der Waals surface area contributed by atoms with Gasteiger partial charge in [-0.25, -0.2) is 8.42 Å². The lowest BCUT2D eigenvalue weighted by Gasteiger charge is -2.17. The third-order valence-corrected chi connectivity index (χ3v) is 4.92. The number of anilines is 1. The maximum atomic E-state index is 11.6. The number of nitrogens with zero attached hydrogens (tertiary/aromatic N) is 1. The molecule has 0 aromatic heterocycles. The summed E-state index contributed by atoms with van der Waals surface area (Å²) in [5.74, 6) is 0.856. The molecule has 118 valence electrons. The minimum Gasteiger partial charge on any atom is -0.384 e. The smallest absolute Gasteiger partial charge is 0.288 e. The maximum absolute atomic E-state index is 11.6. The molecule has 1 N–H and O–H groups in total. The van der Waals surface area contributed by atoms with Crippen LogP contribution in [0.5, 0.6) is 0 Å². The number of nitrogens with one attached hydrogen (secondary N) is 1. The van der Waals surface area contributed by atoms with Crippen LogP contribution in [0.2, 0.25) is 0 Å². The van der Waals surface area contributed by atoms with Crippen LogP contribution >= 0.6 is 11.8 Å². The number of hydrogen-bond acceptors (Lipinski definition) is 6. The number of hydrogen-bond donors (Lipinski definition) is 1. The zero-order valence-electron chi connectivity index (χ0n) is 12.5. The minimum absolute atomic E-state index is 0.162. The van der Waals surface area contributed by atoms with Crippen molar-refractivity contribution in [1.82, 2.24) is 0 Å². The van der Waals surface area contributed by atoms with Gasteiger partial charge in [-0.2, -0.15) is 11.8 Å². The average Bonchev–Trinajstić information content (AvgIpc) is 2.32. The second-order valence-electron chi connectivity index (χ2n) is 5.60. The van der Waals surface area contributed by atoms with Crippen molar-refractivity contribution in [3.8, 4) is 0 Å². The molecule has 0 bridgehead atoms. The first kappa shape index (κ1) is 17.8. The molecule has 0 saturated heterocycles. The Morgan fingerprint density at radius 3 is 2.43 bits per heavy atom. The van der Waals surface area contributed by atoms with Gasteiger partial charge in [0.05, 0.1) is 4.92 Å². The fourth-order valence-electron chi connectivity index (χ4n) is 1.62. The van der Waals surface area contributed by atoms with Crippen molar-refractivity contribution in [2.75, 3.05) is 23.9 Å². The van der Waals surface area contributed by atoms with E-state index in [-0.39, 0.29) is 9.64 Å². The van der Waals surface area contributed by atoms with Crippen LogP contribution in [0.15, 0.2) is 23.1 Å². The minimum atomic E-state index is -3.64. The molecule has 0 aliphatic carbocycles. The molecule has 0 unspecified atom stereocenters. The Hall–Kier alpha value is -1.28. The Morgan fingerprint density at radius 2 is 1.95 bits per heavy atom. The number of benzene rings is 1. The molecule has 8 heteroatoms. The van der Waals surface area contributed by atoms with Crippen molar-refractivity contribution in [2.24, 2.45) is 0 Å². The normalized spacial score (nSPS) is 12.2. The van der Waals surface area contributed by atoms with Crippen LogP contribution in [0.25, 0.3) is 0 Å². The molecular formula is C13H20N2O4S2. The summed E-state index contributed by atoms with van der Waals surface area (Å²) in [5, 5.41) is 14.0. The number of thioether (sulfide) groups is 1. The predicted octanol–water partition coefficient (Wildman–Crippen LogP) is 2.94. The average molecular weight is 332 g/mol. The van der Waals surface area contributed by atoms with E-state index in [1.165, 1.54) is 18.2 Å². The van der Waals surface area contributed by atoms with Crippen molar-refractivity contribution >= 4 is 33.0 Å². The fourth-order valence-corrected chi connectivity index (χ4v) is 3.30. The monoisotopic (exact) mass is 332 g/mol. The lowest BCUT2D eigenvalue weighted by molar-refractivity contribution is -0.387. The first-order valence-electron chi connectivity index (χ1n) is 6.37. The molecule has 1 aromatic rings. The van der Waals surface area contributed by atoms with E-state index < -0.39 is 20.4 Å². The van der Waals surface area contributed by atoms with E-state index in [1.807, 2.05) is 0 Å². The maximum Gasteiger partial charge on any atom is 0.288 e. The van der Waals surface area contributed by atoms with Gasteiger partial charge in [-0.3, -0.25) is 10.1 Å². The van der Waals surface area contributed by atoms with Gasteiger partial charge >= 0.3 is 0 Å². The quantitative estimate of drug-likeness (QED) is 0.489. The molecule has 0 spiro atoms. The van der Waals surface area contributed by atoms with Crippen LogP contribution in [0, 0.1) is 10.1 Å². The van der Waals surface area contributed by atoms with E-state index in [9.17, 15) is 18.5 Å². The van der Waals surface area contributed by atoms with Gasteiger partial charge < -0.3 is 5.32 Å². The number of rotatable bonds is 6. The molecule has 0 heterocycles. The summed E-state index contributed by atoms with van der Waals surface area (Å²) in [6.45, 7) is 7.00. The zero-order valence-corrected chi connectivity index (χ0v) is 14.2. The first-order chi connectivity index (χ1) is 9.50. The van der Waals surface area contributed by atoms with Gasteiger partial charge in [-0.1, -0.05) is 20.8 Å².